The third kappa shape index (κ3) is 8.07. The Bertz CT molecular complexity index is 1330. The van der Waals surface area contributed by atoms with Crippen LogP contribution in [0.25, 0.3) is 0 Å². The molecule has 0 aliphatic rings. The lowest BCUT2D eigenvalue weighted by atomic mass is 10.0. The van der Waals surface area contributed by atoms with Crippen molar-refractivity contribution >= 4 is 39.1 Å². The minimum Gasteiger partial charge on any atom is -0.354 e. The highest BCUT2D eigenvalue weighted by atomic mass is 35.5. The van der Waals surface area contributed by atoms with Crippen molar-refractivity contribution in [2.24, 2.45) is 0 Å². The van der Waals surface area contributed by atoms with Crippen LogP contribution in [0.1, 0.15) is 30.0 Å². The summed E-state index contributed by atoms with van der Waals surface area (Å²) in [7, 11) is -3.80. The summed E-state index contributed by atoms with van der Waals surface area (Å²) in [4.78, 5) is 28.9. The van der Waals surface area contributed by atoms with E-state index in [1.54, 1.807) is 49.4 Å². The molecule has 0 saturated carbocycles. The number of rotatable bonds is 12. The summed E-state index contributed by atoms with van der Waals surface area (Å²) in [6.45, 7) is 3.88. The van der Waals surface area contributed by atoms with Crippen LogP contribution in [0.3, 0.4) is 0 Å². The number of amides is 2. The average Bonchev–Trinajstić information content (AvgIpc) is 2.89. The molecule has 38 heavy (non-hydrogen) atoms. The van der Waals surface area contributed by atoms with Crippen LogP contribution in [0.5, 0.6) is 0 Å². The summed E-state index contributed by atoms with van der Waals surface area (Å²) in [5, 5.41) is 3.47. The van der Waals surface area contributed by atoms with E-state index in [1.807, 2.05) is 43.3 Å². The highest BCUT2D eigenvalue weighted by molar-refractivity contribution is 7.92. The lowest BCUT2D eigenvalue weighted by Crippen LogP contribution is -2.53. The first-order chi connectivity index (χ1) is 18.1. The van der Waals surface area contributed by atoms with E-state index in [0.717, 1.165) is 33.7 Å². The summed E-state index contributed by atoms with van der Waals surface area (Å²) >= 11 is 6.07. The molecule has 0 aliphatic carbocycles. The van der Waals surface area contributed by atoms with Gasteiger partial charge in [-0.05, 0) is 48.2 Å². The summed E-state index contributed by atoms with van der Waals surface area (Å²) in [5.74, 6) is -0.777. The van der Waals surface area contributed by atoms with Crippen LogP contribution in [0.4, 0.5) is 5.69 Å². The van der Waals surface area contributed by atoms with Gasteiger partial charge in [0, 0.05) is 24.5 Å². The normalized spacial score (nSPS) is 12.0. The largest absolute Gasteiger partial charge is 0.354 e. The molecule has 1 N–H and O–H groups in total. The number of sulfonamides is 1. The van der Waals surface area contributed by atoms with Crippen molar-refractivity contribution in [1.82, 2.24) is 10.2 Å². The van der Waals surface area contributed by atoms with Gasteiger partial charge in [-0.3, -0.25) is 13.9 Å². The standard InChI is InChI=1S/C29H34ClN3O4S/c1-4-18-31-29(35)27(19-23-11-6-5-7-12-23)32(20-24-14-16-25(30)17-15-24)28(34)21-33(38(3,36)37)26-13-9-8-10-22(26)2/h5-17,27H,4,18-21H2,1-3H3,(H,31,35)/t27-/m1/s1. The molecule has 0 unspecified atom stereocenters. The molecule has 7 nitrogen and oxygen atoms in total. The van der Waals surface area contributed by atoms with Crippen LogP contribution in [0.15, 0.2) is 78.9 Å². The van der Waals surface area contributed by atoms with Gasteiger partial charge in [-0.2, -0.15) is 0 Å². The van der Waals surface area contributed by atoms with E-state index >= 15 is 0 Å². The Morgan fingerprint density at radius 3 is 2.16 bits per heavy atom. The molecule has 3 aromatic rings. The maximum Gasteiger partial charge on any atom is 0.244 e. The molecule has 0 aromatic heterocycles. The molecule has 3 aromatic carbocycles. The number of hydrogen-bond acceptors (Lipinski definition) is 4. The van der Waals surface area contributed by atoms with Crippen LogP contribution in [0, 0.1) is 6.92 Å². The van der Waals surface area contributed by atoms with Crippen molar-refractivity contribution in [3.8, 4) is 0 Å². The monoisotopic (exact) mass is 555 g/mol. The lowest BCUT2D eigenvalue weighted by Gasteiger charge is -2.33. The van der Waals surface area contributed by atoms with Crippen LogP contribution in [0.2, 0.25) is 5.02 Å². The smallest absolute Gasteiger partial charge is 0.244 e. The van der Waals surface area contributed by atoms with Gasteiger partial charge in [-0.1, -0.05) is 79.2 Å². The molecule has 202 valence electrons. The number of carbonyl (C=O) groups is 2. The van der Waals surface area contributed by atoms with E-state index in [1.165, 1.54) is 4.90 Å². The minimum atomic E-state index is -3.80. The van der Waals surface area contributed by atoms with Crippen molar-refractivity contribution in [2.75, 3.05) is 23.7 Å². The van der Waals surface area contributed by atoms with Crippen molar-refractivity contribution in [1.29, 1.82) is 0 Å². The van der Waals surface area contributed by atoms with E-state index in [0.29, 0.717) is 17.3 Å². The SMILES string of the molecule is CCCNC(=O)[C@@H](Cc1ccccc1)N(Cc1ccc(Cl)cc1)C(=O)CN(c1ccccc1C)S(C)(=O)=O. The average molecular weight is 556 g/mol. The quantitative estimate of drug-likeness (QED) is 0.354. The second-order valence-corrected chi connectivity index (χ2v) is 11.5. The van der Waals surface area contributed by atoms with E-state index in [2.05, 4.69) is 5.32 Å². The van der Waals surface area contributed by atoms with Crippen molar-refractivity contribution in [3.63, 3.8) is 0 Å². The molecule has 0 heterocycles. The second kappa shape index (κ2) is 13.4. The third-order valence-corrected chi connectivity index (χ3v) is 7.53. The highest BCUT2D eigenvalue weighted by Gasteiger charge is 2.33. The summed E-state index contributed by atoms with van der Waals surface area (Å²) in [6, 6.07) is 22.6. The number of nitrogens with zero attached hydrogens (tertiary/aromatic N) is 2. The van der Waals surface area contributed by atoms with Gasteiger partial charge in [0.05, 0.1) is 11.9 Å². The van der Waals surface area contributed by atoms with Gasteiger partial charge in [0.15, 0.2) is 0 Å². The number of halogens is 1. The zero-order valence-electron chi connectivity index (χ0n) is 21.9. The summed E-state index contributed by atoms with van der Waals surface area (Å²) < 4.78 is 26.8. The Morgan fingerprint density at radius 2 is 1.55 bits per heavy atom. The van der Waals surface area contributed by atoms with Gasteiger partial charge >= 0.3 is 0 Å². The Kier molecular flexibility index (Phi) is 10.3. The summed E-state index contributed by atoms with van der Waals surface area (Å²) in [5.41, 5.74) is 2.80. The number of anilines is 1. The Balaban J connectivity index is 2.04. The van der Waals surface area contributed by atoms with Crippen LogP contribution in [-0.2, 0) is 32.6 Å². The number of nitrogens with one attached hydrogen (secondary N) is 1. The maximum absolute atomic E-state index is 14.0. The Morgan fingerprint density at radius 1 is 0.921 bits per heavy atom. The number of aryl methyl sites for hydroxylation is 1. The first-order valence-corrected chi connectivity index (χ1v) is 14.7. The molecule has 0 saturated heterocycles. The topological polar surface area (TPSA) is 86.8 Å². The minimum absolute atomic E-state index is 0.110. The molecular formula is C29H34ClN3O4S. The van der Waals surface area contributed by atoms with E-state index in [4.69, 9.17) is 11.6 Å². The highest BCUT2D eigenvalue weighted by Crippen LogP contribution is 2.23. The van der Waals surface area contributed by atoms with Gasteiger partial charge < -0.3 is 10.2 Å². The lowest BCUT2D eigenvalue weighted by molar-refractivity contribution is -0.140. The molecule has 9 heteroatoms. The molecule has 0 radical (unpaired) electrons. The maximum atomic E-state index is 14.0. The van der Waals surface area contributed by atoms with Crippen molar-refractivity contribution in [3.05, 3.63) is 101 Å². The fourth-order valence-corrected chi connectivity index (χ4v) is 5.18. The molecule has 0 fully saturated rings. The van der Waals surface area contributed by atoms with Gasteiger partial charge in [0.25, 0.3) is 0 Å². The van der Waals surface area contributed by atoms with E-state index in [9.17, 15) is 18.0 Å². The van der Waals surface area contributed by atoms with Gasteiger partial charge in [0.1, 0.15) is 12.6 Å². The number of hydrogen-bond donors (Lipinski definition) is 1. The molecule has 0 aliphatic heterocycles. The van der Waals surface area contributed by atoms with Gasteiger partial charge in [-0.25, -0.2) is 8.42 Å². The fourth-order valence-electron chi connectivity index (χ4n) is 4.14. The molecular weight excluding hydrogens is 522 g/mol. The van der Waals surface area contributed by atoms with E-state index in [-0.39, 0.29) is 18.9 Å². The second-order valence-electron chi connectivity index (χ2n) is 9.20. The van der Waals surface area contributed by atoms with E-state index < -0.39 is 28.5 Å². The zero-order valence-corrected chi connectivity index (χ0v) is 23.5. The fraction of sp³-hybridized carbons (Fsp3) is 0.310. The third-order valence-electron chi connectivity index (χ3n) is 6.15. The van der Waals surface area contributed by atoms with Crippen molar-refractivity contribution < 1.29 is 18.0 Å². The predicted molar refractivity (Wildman–Crippen MR) is 153 cm³/mol. The van der Waals surface area contributed by atoms with Crippen LogP contribution >= 0.6 is 11.6 Å². The zero-order chi connectivity index (χ0) is 27.7. The van der Waals surface area contributed by atoms with Gasteiger partial charge in [-0.15, -0.1) is 0 Å². The Labute approximate surface area is 230 Å². The molecule has 0 bridgehead atoms. The number of carbonyl (C=O) groups excluding carboxylic acids is 2. The first kappa shape index (κ1) is 29.2. The van der Waals surface area contributed by atoms with Crippen molar-refractivity contribution in [2.45, 2.75) is 39.3 Å². The summed E-state index contributed by atoms with van der Waals surface area (Å²) in [6.07, 6.45) is 2.09. The van der Waals surface area contributed by atoms with Crippen LogP contribution in [-0.4, -0.2) is 50.5 Å². The Hall–Kier alpha value is -3.36. The molecule has 2 amide bonds. The van der Waals surface area contributed by atoms with Crippen LogP contribution < -0.4 is 9.62 Å². The number of benzene rings is 3. The van der Waals surface area contributed by atoms with Gasteiger partial charge in [0.2, 0.25) is 21.8 Å². The predicted octanol–water partition coefficient (Wildman–Crippen LogP) is 4.58. The molecule has 1 atom stereocenters. The first-order valence-electron chi connectivity index (χ1n) is 12.5. The molecule has 3 rings (SSSR count). The number of para-hydroxylation sites is 1. The molecule has 0 spiro atoms.